The number of imide groups is 1. The standard InChI is InChI=1S/C17H29N5O3.ClH/c1-3-17(4-2)15(24)22(16(25)19-17)12-14(23)21-8-5-13(11-21)20-9-6-18-7-10-20;/h13,18H,3-12H2,1-2H3,(H,19,25);1H. The average molecular weight is 388 g/mol. The number of carbonyl (C=O) groups excluding carboxylic acids is 3. The van der Waals surface area contributed by atoms with Crippen molar-refractivity contribution < 1.29 is 14.4 Å². The van der Waals surface area contributed by atoms with E-state index in [0.717, 1.165) is 37.5 Å². The van der Waals surface area contributed by atoms with E-state index < -0.39 is 11.6 Å². The number of urea groups is 1. The molecule has 0 radical (unpaired) electrons. The van der Waals surface area contributed by atoms with Gasteiger partial charge in [0.25, 0.3) is 5.91 Å². The van der Waals surface area contributed by atoms with Crippen LogP contribution in [-0.2, 0) is 9.59 Å². The normalized spacial score (nSPS) is 26.0. The molecule has 9 heteroatoms. The van der Waals surface area contributed by atoms with Crippen LogP contribution in [0.4, 0.5) is 4.79 Å². The molecule has 0 aromatic carbocycles. The topological polar surface area (TPSA) is 85.0 Å². The van der Waals surface area contributed by atoms with E-state index in [0.29, 0.717) is 32.0 Å². The van der Waals surface area contributed by atoms with E-state index in [-0.39, 0.29) is 30.8 Å². The molecule has 26 heavy (non-hydrogen) atoms. The highest BCUT2D eigenvalue weighted by Gasteiger charge is 2.49. The van der Waals surface area contributed by atoms with Gasteiger partial charge in [-0.2, -0.15) is 0 Å². The van der Waals surface area contributed by atoms with Crippen LogP contribution in [0.1, 0.15) is 33.1 Å². The highest BCUT2D eigenvalue weighted by molar-refractivity contribution is 6.09. The van der Waals surface area contributed by atoms with E-state index in [9.17, 15) is 14.4 Å². The zero-order valence-corrected chi connectivity index (χ0v) is 16.4. The van der Waals surface area contributed by atoms with Crippen LogP contribution in [0.3, 0.4) is 0 Å². The first-order valence-corrected chi connectivity index (χ1v) is 9.37. The second kappa shape index (κ2) is 8.54. The Kier molecular flexibility index (Phi) is 6.87. The number of nitrogens with one attached hydrogen (secondary N) is 2. The third-order valence-corrected chi connectivity index (χ3v) is 5.93. The minimum atomic E-state index is -0.842. The van der Waals surface area contributed by atoms with E-state index in [1.54, 1.807) is 4.90 Å². The van der Waals surface area contributed by atoms with Crippen LogP contribution in [0.5, 0.6) is 0 Å². The number of piperazine rings is 1. The summed E-state index contributed by atoms with van der Waals surface area (Å²) in [5.41, 5.74) is -0.842. The Morgan fingerprint density at radius 3 is 2.38 bits per heavy atom. The molecule has 1 atom stereocenters. The van der Waals surface area contributed by atoms with Crippen molar-refractivity contribution in [3.8, 4) is 0 Å². The summed E-state index contributed by atoms with van der Waals surface area (Å²) in [5, 5.41) is 6.11. The van der Waals surface area contributed by atoms with Gasteiger partial charge in [-0.25, -0.2) is 4.79 Å². The molecule has 3 rings (SSSR count). The Hall–Kier alpha value is -1.38. The molecule has 0 aromatic heterocycles. The monoisotopic (exact) mass is 387 g/mol. The fourth-order valence-electron chi connectivity index (χ4n) is 4.10. The number of halogens is 1. The molecule has 148 valence electrons. The van der Waals surface area contributed by atoms with Crippen LogP contribution in [-0.4, -0.2) is 89.9 Å². The number of likely N-dealkylation sites (tertiary alicyclic amines) is 1. The Bertz CT molecular complexity index is 549. The van der Waals surface area contributed by atoms with Gasteiger partial charge >= 0.3 is 6.03 Å². The summed E-state index contributed by atoms with van der Waals surface area (Å²) >= 11 is 0. The van der Waals surface area contributed by atoms with Gasteiger partial charge < -0.3 is 15.5 Å². The highest BCUT2D eigenvalue weighted by Crippen LogP contribution is 2.25. The minimum absolute atomic E-state index is 0. The van der Waals surface area contributed by atoms with Gasteiger partial charge in [-0.3, -0.25) is 19.4 Å². The molecule has 2 N–H and O–H groups in total. The molecule has 0 spiro atoms. The highest BCUT2D eigenvalue weighted by atomic mass is 35.5. The summed E-state index contributed by atoms with van der Waals surface area (Å²) in [6.45, 7) is 8.99. The minimum Gasteiger partial charge on any atom is -0.340 e. The second-order valence-corrected chi connectivity index (χ2v) is 7.18. The molecule has 1 unspecified atom stereocenters. The van der Waals surface area contributed by atoms with Gasteiger partial charge in [0, 0.05) is 45.3 Å². The summed E-state index contributed by atoms with van der Waals surface area (Å²) in [5.74, 6) is -0.405. The number of hydrogen-bond donors (Lipinski definition) is 2. The van der Waals surface area contributed by atoms with Crippen molar-refractivity contribution in [2.75, 3.05) is 45.8 Å². The lowest BCUT2D eigenvalue weighted by atomic mass is 9.93. The summed E-state index contributed by atoms with van der Waals surface area (Å²) < 4.78 is 0. The zero-order valence-electron chi connectivity index (χ0n) is 15.6. The molecule has 0 saturated carbocycles. The van der Waals surface area contributed by atoms with Crippen LogP contribution in [0.25, 0.3) is 0 Å². The van der Waals surface area contributed by atoms with Gasteiger partial charge in [0.2, 0.25) is 5.91 Å². The van der Waals surface area contributed by atoms with Crippen molar-refractivity contribution in [3.05, 3.63) is 0 Å². The average Bonchev–Trinajstić information content (AvgIpc) is 3.22. The van der Waals surface area contributed by atoms with Crippen molar-refractivity contribution in [3.63, 3.8) is 0 Å². The lowest BCUT2D eigenvalue weighted by Gasteiger charge is -2.32. The van der Waals surface area contributed by atoms with E-state index in [1.807, 2.05) is 13.8 Å². The van der Waals surface area contributed by atoms with E-state index in [4.69, 9.17) is 0 Å². The number of nitrogens with zero attached hydrogens (tertiary/aromatic N) is 3. The SMILES string of the molecule is CCC1(CC)NC(=O)N(CC(=O)N2CCC(N3CCNCC3)C2)C1=O.Cl. The maximum Gasteiger partial charge on any atom is 0.325 e. The lowest BCUT2D eigenvalue weighted by Crippen LogP contribution is -2.50. The zero-order chi connectivity index (χ0) is 18.0. The Morgan fingerprint density at radius 2 is 1.81 bits per heavy atom. The molecule has 3 fully saturated rings. The predicted molar refractivity (Wildman–Crippen MR) is 100 cm³/mol. The maximum atomic E-state index is 12.6. The Morgan fingerprint density at radius 1 is 1.15 bits per heavy atom. The van der Waals surface area contributed by atoms with E-state index >= 15 is 0 Å². The van der Waals surface area contributed by atoms with Crippen molar-refractivity contribution >= 4 is 30.3 Å². The van der Waals surface area contributed by atoms with Crippen LogP contribution in [0.2, 0.25) is 0 Å². The first-order chi connectivity index (χ1) is 12.0. The van der Waals surface area contributed by atoms with Crippen LogP contribution >= 0.6 is 12.4 Å². The Labute approximate surface area is 161 Å². The number of rotatable bonds is 5. The van der Waals surface area contributed by atoms with Crippen LogP contribution in [0, 0.1) is 0 Å². The molecule has 8 nitrogen and oxygen atoms in total. The smallest absolute Gasteiger partial charge is 0.325 e. The third kappa shape index (κ3) is 3.82. The molecule has 0 aliphatic carbocycles. The molecule has 0 bridgehead atoms. The third-order valence-electron chi connectivity index (χ3n) is 5.93. The van der Waals surface area contributed by atoms with Gasteiger partial charge in [-0.05, 0) is 19.3 Å². The van der Waals surface area contributed by atoms with Crippen molar-refractivity contribution in [1.29, 1.82) is 0 Å². The van der Waals surface area contributed by atoms with Crippen LogP contribution in [0.15, 0.2) is 0 Å². The first kappa shape index (κ1) is 20.9. The molecule has 3 aliphatic heterocycles. The molecular formula is C17H30ClN5O3. The summed E-state index contributed by atoms with van der Waals surface area (Å²) in [4.78, 5) is 42.8. The number of hydrogen-bond acceptors (Lipinski definition) is 5. The van der Waals surface area contributed by atoms with Crippen molar-refractivity contribution in [1.82, 2.24) is 25.3 Å². The summed E-state index contributed by atoms with van der Waals surface area (Å²) in [6.07, 6.45) is 2.03. The second-order valence-electron chi connectivity index (χ2n) is 7.18. The van der Waals surface area contributed by atoms with Crippen molar-refractivity contribution in [2.24, 2.45) is 0 Å². The van der Waals surface area contributed by atoms with E-state index in [1.165, 1.54) is 0 Å². The quantitative estimate of drug-likeness (QED) is 0.650. The van der Waals surface area contributed by atoms with Gasteiger partial charge in [-0.1, -0.05) is 13.8 Å². The summed E-state index contributed by atoms with van der Waals surface area (Å²) in [7, 11) is 0. The number of carbonyl (C=O) groups is 3. The van der Waals surface area contributed by atoms with E-state index in [2.05, 4.69) is 15.5 Å². The van der Waals surface area contributed by atoms with Gasteiger partial charge in [0.1, 0.15) is 12.1 Å². The number of amides is 4. The first-order valence-electron chi connectivity index (χ1n) is 9.37. The van der Waals surface area contributed by atoms with Crippen molar-refractivity contribution in [2.45, 2.75) is 44.7 Å². The molecule has 3 aliphatic rings. The van der Waals surface area contributed by atoms with Gasteiger partial charge in [0.05, 0.1) is 0 Å². The maximum absolute atomic E-state index is 12.6. The molecule has 3 saturated heterocycles. The molecule has 0 aromatic rings. The molecular weight excluding hydrogens is 358 g/mol. The summed E-state index contributed by atoms with van der Waals surface area (Å²) in [6, 6.07) is -0.0561. The van der Waals surface area contributed by atoms with Gasteiger partial charge in [-0.15, -0.1) is 12.4 Å². The van der Waals surface area contributed by atoms with Crippen LogP contribution < -0.4 is 10.6 Å². The molecule has 3 heterocycles. The molecule has 4 amide bonds. The Balaban J connectivity index is 0.00000243. The fourth-order valence-corrected chi connectivity index (χ4v) is 4.10. The lowest BCUT2D eigenvalue weighted by molar-refractivity contribution is -0.138. The fraction of sp³-hybridized carbons (Fsp3) is 0.824. The largest absolute Gasteiger partial charge is 0.340 e. The predicted octanol–water partition coefficient (Wildman–Crippen LogP) is 0.0249. The van der Waals surface area contributed by atoms with Gasteiger partial charge in [0.15, 0.2) is 0 Å².